The molecule has 0 saturated carbocycles. The highest BCUT2D eigenvalue weighted by Crippen LogP contribution is 2.28. The molecule has 2 aromatic carbocycles. The zero-order valence-electron chi connectivity index (χ0n) is 12.1. The average molecular weight is 290 g/mol. The summed E-state index contributed by atoms with van der Waals surface area (Å²) in [4.78, 5) is 0. The molecule has 0 aliphatic heterocycles. The van der Waals surface area contributed by atoms with Gasteiger partial charge in [-0.2, -0.15) is 0 Å². The summed E-state index contributed by atoms with van der Waals surface area (Å²) in [5, 5.41) is 20.1. The van der Waals surface area contributed by atoms with Crippen LogP contribution in [0, 0.1) is 5.82 Å². The Kier molecular flexibility index (Phi) is 4.60. The second-order valence-electron chi connectivity index (χ2n) is 5.29. The largest absolute Gasteiger partial charge is 0.490 e. The summed E-state index contributed by atoms with van der Waals surface area (Å²) in [5.41, 5.74) is -0.0101. The minimum absolute atomic E-state index is 0.0415. The quantitative estimate of drug-likeness (QED) is 0.889. The lowest BCUT2D eigenvalue weighted by Crippen LogP contribution is -2.29. The molecular weight excluding hydrogens is 271 g/mol. The molecule has 0 amide bonds. The first-order chi connectivity index (χ1) is 9.90. The van der Waals surface area contributed by atoms with E-state index in [1.807, 2.05) is 18.2 Å². The highest BCUT2D eigenvalue weighted by molar-refractivity contribution is 5.35. The van der Waals surface area contributed by atoms with Crippen LogP contribution in [0.4, 0.5) is 4.39 Å². The van der Waals surface area contributed by atoms with Gasteiger partial charge in [0.1, 0.15) is 23.8 Å². The smallest absolute Gasteiger partial charge is 0.128 e. The fourth-order valence-electron chi connectivity index (χ4n) is 2.08. The molecular formula is C17H19FO3. The first-order valence-corrected chi connectivity index (χ1v) is 6.78. The van der Waals surface area contributed by atoms with E-state index in [0.717, 1.165) is 0 Å². The Morgan fingerprint density at radius 1 is 1.19 bits per heavy atom. The van der Waals surface area contributed by atoms with Crippen LogP contribution in [-0.2, 0) is 5.60 Å². The van der Waals surface area contributed by atoms with E-state index in [-0.39, 0.29) is 12.4 Å². The lowest BCUT2D eigenvalue weighted by molar-refractivity contribution is 0.00646. The van der Waals surface area contributed by atoms with Crippen molar-refractivity contribution in [3.8, 4) is 5.75 Å². The van der Waals surface area contributed by atoms with Gasteiger partial charge in [0.15, 0.2) is 0 Å². The molecule has 2 N–H and O–H groups in total. The third kappa shape index (κ3) is 3.80. The van der Waals surface area contributed by atoms with Crippen LogP contribution in [0.5, 0.6) is 5.75 Å². The molecule has 0 saturated heterocycles. The molecule has 2 rings (SSSR count). The Morgan fingerprint density at radius 3 is 2.48 bits per heavy atom. The molecule has 2 aromatic rings. The zero-order valence-corrected chi connectivity index (χ0v) is 12.1. The number of ether oxygens (including phenoxy) is 1. The van der Waals surface area contributed by atoms with Gasteiger partial charge in [-0.3, -0.25) is 0 Å². The van der Waals surface area contributed by atoms with Crippen molar-refractivity contribution >= 4 is 0 Å². The molecule has 112 valence electrons. The van der Waals surface area contributed by atoms with Crippen molar-refractivity contribution in [2.24, 2.45) is 0 Å². The van der Waals surface area contributed by atoms with E-state index in [1.165, 1.54) is 18.2 Å². The van der Waals surface area contributed by atoms with Gasteiger partial charge in [0.05, 0.1) is 6.10 Å². The summed E-state index contributed by atoms with van der Waals surface area (Å²) < 4.78 is 18.9. The van der Waals surface area contributed by atoms with Crippen LogP contribution in [0.15, 0.2) is 48.5 Å². The Balaban J connectivity index is 2.18. The molecule has 0 spiro atoms. The second kappa shape index (κ2) is 6.24. The molecule has 0 heterocycles. The summed E-state index contributed by atoms with van der Waals surface area (Å²) in [6, 6.07) is 13.1. The topological polar surface area (TPSA) is 49.7 Å². The number of aliphatic hydroxyl groups is 2. The van der Waals surface area contributed by atoms with Gasteiger partial charge in [-0.05, 0) is 31.5 Å². The third-order valence-electron chi connectivity index (χ3n) is 3.33. The van der Waals surface area contributed by atoms with Crippen LogP contribution in [0.3, 0.4) is 0 Å². The standard InChI is InChI=1S/C17H19FO3/c1-12(19)15-9-8-14(18)10-16(15)21-11-17(2,20)13-6-4-3-5-7-13/h3-10,12,19-20H,11H2,1-2H3. The Labute approximate surface area is 123 Å². The summed E-state index contributed by atoms with van der Waals surface area (Å²) in [6.07, 6.45) is -0.776. The molecule has 0 bridgehead atoms. The SMILES string of the molecule is CC(O)c1ccc(F)cc1OCC(C)(O)c1ccccc1. The van der Waals surface area contributed by atoms with Gasteiger partial charge < -0.3 is 14.9 Å². The lowest BCUT2D eigenvalue weighted by Gasteiger charge is -2.25. The van der Waals surface area contributed by atoms with Crippen LogP contribution < -0.4 is 4.74 Å². The van der Waals surface area contributed by atoms with Crippen LogP contribution in [0.25, 0.3) is 0 Å². The minimum atomic E-state index is -1.20. The van der Waals surface area contributed by atoms with Crippen molar-refractivity contribution in [3.63, 3.8) is 0 Å². The number of hydrogen-bond donors (Lipinski definition) is 2. The molecule has 0 radical (unpaired) electrons. The highest BCUT2D eigenvalue weighted by Gasteiger charge is 2.24. The molecule has 0 fully saturated rings. The normalized spacial score (nSPS) is 15.3. The maximum absolute atomic E-state index is 13.3. The molecule has 4 heteroatoms. The summed E-state index contributed by atoms with van der Waals surface area (Å²) in [6.45, 7) is 3.17. The monoisotopic (exact) mass is 290 g/mol. The van der Waals surface area contributed by atoms with Gasteiger partial charge in [0, 0.05) is 11.6 Å². The molecule has 0 aliphatic carbocycles. The predicted molar refractivity (Wildman–Crippen MR) is 78.5 cm³/mol. The van der Waals surface area contributed by atoms with Gasteiger partial charge in [-0.25, -0.2) is 4.39 Å². The number of benzene rings is 2. The lowest BCUT2D eigenvalue weighted by atomic mass is 9.97. The minimum Gasteiger partial charge on any atom is -0.490 e. The van der Waals surface area contributed by atoms with E-state index >= 15 is 0 Å². The zero-order chi connectivity index (χ0) is 15.5. The van der Waals surface area contributed by atoms with Crippen molar-refractivity contribution in [3.05, 3.63) is 65.5 Å². The molecule has 3 nitrogen and oxygen atoms in total. The number of aliphatic hydroxyl groups excluding tert-OH is 1. The van der Waals surface area contributed by atoms with Gasteiger partial charge >= 0.3 is 0 Å². The predicted octanol–water partition coefficient (Wildman–Crippen LogP) is 3.17. The van der Waals surface area contributed by atoms with E-state index < -0.39 is 17.5 Å². The molecule has 0 aromatic heterocycles. The van der Waals surface area contributed by atoms with E-state index in [4.69, 9.17) is 4.74 Å². The van der Waals surface area contributed by atoms with Gasteiger partial charge in [0.25, 0.3) is 0 Å². The first-order valence-electron chi connectivity index (χ1n) is 6.78. The van der Waals surface area contributed by atoms with Crippen molar-refractivity contribution < 1.29 is 19.3 Å². The summed E-state index contributed by atoms with van der Waals surface area (Å²) >= 11 is 0. The van der Waals surface area contributed by atoms with Crippen LogP contribution in [0.1, 0.15) is 31.1 Å². The Morgan fingerprint density at radius 2 is 1.86 bits per heavy atom. The molecule has 21 heavy (non-hydrogen) atoms. The Bertz CT molecular complexity index is 594. The van der Waals surface area contributed by atoms with Crippen molar-refractivity contribution in [1.82, 2.24) is 0 Å². The summed E-state index contributed by atoms with van der Waals surface area (Å²) in [7, 11) is 0. The summed E-state index contributed by atoms with van der Waals surface area (Å²) in [5.74, 6) is -0.213. The van der Waals surface area contributed by atoms with Gasteiger partial charge in [0.2, 0.25) is 0 Å². The van der Waals surface area contributed by atoms with Crippen molar-refractivity contribution in [2.75, 3.05) is 6.61 Å². The number of halogens is 1. The maximum Gasteiger partial charge on any atom is 0.128 e. The van der Waals surface area contributed by atoms with E-state index in [0.29, 0.717) is 11.1 Å². The van der Waals surface area contributed by atoms with Crippen LogP contribution in [0.2, 0.25) is 0 Å². The second-order valence-corrected chi connectivity index (χ2v) is 5.29. The third-order valence-corrected chi connectivity index (χ3v) is 3.33. The van der Waals surface area contributed by atoms with Gasteiger partial charge in [-0.1, -0.05) is 30.3 Å². The Hall–Kier alpha value is -1.91. The van der Waals surface area contributed by atoms with E-state index in [9.17, 15) is 14.6 Å². The molecule has 2 atom stereocenters. The molecule has 2 unspecified atom stereocenters. The van der Waals surface area contributed by atoms with Gasteiger partial charge in [-0.15, -0.1) is 0 Å². The number of hydrogen-bond acceptors (Lipinski definition) is 3. The number of rotatable bonds is 5. The van der Waals surface area contributed by atoms with Crippen LogP contribution >= 0.6 is 0 Å². The highest BCUT2D eigenvalue weighted by atomic mass is 19.1. The van der Waals surface area contributed by atoms with Crippen molar-refractivity contribution in [1.29, 1.82) is 0 Å². The fraction of sp³-hybridized carbons (Fsp3) is 0.294. The van der Waals surface area contributed by atoms with E-state index in [2.05, 4.69) is 0 Å². The van der Waals surface area contributed by atoms with E-state index in [1.54, 1.807) is 26.0 Å². The van der Waals surface area contributed by atoms with Crippen molar-refractivity contribution in [2.45, 2.75) is 25.6 Å². The maximum atomic E-state index is 13.3. The molecule has 0 aliphatic rings. The first kappa shape index (κ1) is 15.5. The average Bonchev–Trinajstić information content (AvgIpc) is 2.46. The van der Waals surface area contributed by atoms with Crippen LogP contribution in [-0.4, -0.2) is 16.8 Å². The fourth-order valence-corrected chi connectivity index (χ4v) is 2.08.